The van der Waals surface area contributed by atoms with Gasteiger partial charge in [0.05, 0.1) is 46.5 Å². The standard InChI is InChI=1S/C59H72F2N8O7/c60-48-18-15-39(33-49-44-11-4-5-12-45(44)54(72)65-64-49)32-47(48)57(75)68-30-28-67(29-31-68)50(70)36-66-26-19-38(20-27-66)34-59-23-21-58(22-24-59,37-76-59)63-55(73)52(40-8-2-1-3-9-40)62-53(71)46-14-6-13-43(51(46)61)42-10-7-25-69(35-42)56(74)41-16-17-41/h4-6,11-15,18,32,38,40-42,52H,1-3,7-10,16-17,19-31,33-37H2,(H,62,71)(H,63,73)(H,65,72)/t42?,52-,58?,59?/m1/s1. The average molecular weight is 1040 g/mol. The van der Waals surface area contributed by atoms with Gasteiger partial charge in [-0.05, 0) is 144 Å². The Morgan fingerprint density at radius 2 is 1.49 bits per heavy atom. The molecule has 3 aliphatic carbocycles. The topological polar surface area (TPSA) is 177 Å². The molecule has 1 unspecified atom stereocenters. The highest BCUT2D eigenvalue weighted by atomic mass is 19.1. The van der Waals surface area contributed by atoms with E-state index in [-0.39, 0.29) is 57.8 Å². The van der Waals surface area contributed by atoms with Gasteiger partial charge in [0.1, 0.15) is 17.7 Å². The highest BCUT2D eigenvalue weighted by Crippen LogP contribution is 2.48. The zero-order valence-corrected chi connectivity index (χ0v) is 43.6. The fourth-order valence-electron chi connectivity index (χ4n) is 13.5. The van der Waals surface area contributed by atoms with Crippen molar-refractivity contribution in [1.82, 2.24) is 40.4 Å². The van der Waals surface area contributed by atoms with E-state index in [0.29, 0.717) is 92.4 Å². The number of aromatic amines is 1. The van der Waals surface area contributed by atoms with Gasteiger partial charge in [0, 0.05) is 62.9 Å². The molecule has 5 amide bonds. The van der Waals surface area contributed by atoms with Crippen LogP contribution in [0.3, 0.4) is 0 Å². The number of benzene rings is 3. The van der Waals surface area contributed by atoms with Crippen LogP contribution in [0.1, 0.15) is 146 Å². The van der Waals surface area contributed by atoms with Crippen molar-refractivity contribution in [2.24, 2.45) is 17.8 Å². The predicted octanol–water partition coefficient (Wildman–Crippen LogP) is 6.87. The minimum Gasteiger partial charge on any atom is -0.373 e. The van der Waals surface area contributed by atoms with Crippen LogP contribution in [-0.2, 0) is 25.5 Å². The summed E-state index contributed by atoms with van der Waals surface area (Å²) in [6.07, 6.45) is 14.4. The van der Waals surface area contributed by atoms with E-state index in [1.54, 1.807) is 46.2 Å². The van der Waals surface area contributed by atoms with Crippen molar-refractivity contribution < 1.29 is 37.5 Å². The van der Waals surface area contributed by atoms with Crippen molar-refractivity contribution in [2.75, 3.05) is 65.5 Å². The first-order valence-electron chi connectivity index (χ1n) is 28.2. The van der Waals surface area contributed by atoms with Crippen molar-refractivity contribution >= 4 is 40.3 Å². The zero-order valence-electron chi connectivity index (χ0n) is 43.6. The number of carbonyl (C=O) groups excluding carboxylic acids is 5. The van der Waals surface area contributed by atoms with Gasteiger partial charge in [0.15, 0.2) is 0 Å². The molecule has 5 aliphatic heterocycles. The Bertz CT molecular complexity index is 2880. The molecule has 2 atom stereocenters. The summed E-state index contributed by atoms with van der Waals surface area (Å²) in [6.45, 7) is 4.79. The van der Waals surface area contributed by atoms with Gasteiger partial charge < -0.3 is 30.1 Å². The van der Waals surface area contributed by atoms with Gasteiger partial charge in [-0.2, -0.15) is 5.10 Å². The fourth-order valence-corrected chi connectivity index (χ4v) is 13.5. The molecule has 6 heterocycles. The molecule has 8 aliphatic rings. The van der Waals surface area contributed by atoms with Gasteiger partial charge in [-0.25, -0.2) is 13.9 Å². The van der Waals surface area contributed by atoms with Crippen molar-refractivity contribution in [3.05, 3.63) is 111 Å². The minimum absolute atomic E-state index is 0.0237. The van der Waals surface area contributed by atoms with E-state index in [9.17, 15) is 28.8 Å². The second-order valence-electron chi connectivity index (χ2n) is 23.3. The van der Waals surface area contributed by atoms with E-state index < -0.39 is 35.0 Å². The van der Waals surface area contributed by atoms with Gasteiger partial charge in [-0.3, -0.25) is 33.7 Å². The molecule has 0 spiro atoms. The molecule has 2 bridgehead atoms. The number of halogens is 2. The van der Waals surface area contributed by atoms with Crippen molar-refractivity contribution in [3.63, 3.8) is 0 Å². The first kappa shape index (κ1) is 52.0. The molecule has 404 valence electrons. The lowest BCUT2D eigenvalue weighted by Gasteiger charge is -2.55. The van der Waals surface area contributed by atoms with E-state index in [2.05, 4.69) is 25.7 Å². The van der Waals surface area contributed by atoms with Crippen LogP contribution in [0.15, 0.2) is 65.5 Å². The first-order chi connectivity index (χ1) is 36.8. The summed E-state index contributed by atoms with van der Waals surface area (Å²) >= 11 is 0. The Morgan fingerprint density at radius 3 is 2.21 bits per heavy atom. The molecule has 76 heavy (non-hydrogen) atoms. The summed E-state index contributed by atoms with van der Waals surface area (Å²) in [7, 11) is 0. The van der Waals surface area contributed by atoms with Crippen molar-refractivity contribution in [1.29, 1.82) is 0 Å². The van der Waals surface area contributed by atoms with Gasteiger partial charge in [0.2, 0.25) is 17.7 Å². The van der Waals surface area contributed by atoms with Gasteiger partial charge in [-0.1, -0.05) is 55.7 Å². The number of rotatable bonds is 14. The summed E-state index contributed by atoms with van der Waals surface area (Å²) in [4.78, 5) is 88.4. The first-order valence-corrected chi connectivity index (χ1v) is 28.2. The summed E-state index contributed by atoms with van der Waals surface area (Å²) in [6, 6.07) is 15.8. The monoisotopic (exact) mass is 1040 g/mol. The number of nitrogens with zero attached hydrogens (tertiary/aromatic N) is 5. The molecule has 8 fully saturated rings. The summed E-state index contributed by atoms with van der Waals surface area (Å²) < 4.78 is 38.3. The molecule has 5 saturated heterocycles. The van der Waals surface area contributed by atoms with Crippen LogP contribution in [0.25, 0.3) is 10.8 Å². The molecule has 3 aromatic carbocycles. The lowest BCUT2D eigenvalue weighted by Crippen LogP contribution is -2.66. The number of hydrogen-bond acceptors (Lipinski definition) is 9. The number of carbonyl (C=O) groups is 5. The van der Waals surface area contributed by atoms with Gasteiger partial charge >= 0.3 is 0 Å². The Balaban J connectivity index is 0.634. The zero-order chi connectivity index (χ0) is 52.6. The Morgan fingerprint density at radius 1 is 0.750 bits per heavy atom. The molecule has 0 radical (unpaired) electrons. The molecule has 12 rings (SSSR count). The van der Waals surface area contributed by atoms with Crippen LogP contribution in [0.4, 0.5) is 8.78 Å². The second-order valence-corrected chi connectivity index (χ2v) is 23.3. The van der Waals surface area contributed by atoms with E-state index in [1.807, 2.05) is 17.0 Å². The smallest absolute Gasteiger partial charge is 0.272 e. The number of aromatic nitrogens is 2. The number of nitrogens with one attached hydrogen (secondary N) is 3. The number of piperidine rings is 2. The lowest BCUT2D eigenvalue weighted by molar-refractivity contribution is -0.176. The Kier molecular flexibility index (Phi) is 15.1. The molecular weight excluding hydrogens is 971 g/mol. The molecule has 3 N–H and O–H groups in total. The SMILES string of the molecule is O=C(N[C@@H](C(=O)NC12CCC(CC3CCN(CC(=O)N4CCN(C(=O)c5cc(Cc6n[nH]c(=O)c7ccccc67)ccc5F)CC4)CC3)(CC1)OC2)C1CCCCC1)c1cccc(C2CCCN(C(=O)C3CC3)C2)c1F. The second kappa shape index (κ2) is 22.1. The Labute approximate surface area is 442 Å². The Hall–Kier alpha value is -6.07. The molecule has 17 heteroatoms. The quantitative estimate of drug-likeness (QED) is 0.122. The summed E-state index contributed by atoms with van der Waals surface area (Å²) in [5.74, 6) is -1.92. The van der Waals surface area contributed by atoms with Crippen LogP contribution in [0.2, 0.25) is 0 Å². The largest absolute Gasteiger partial charge is 0.373 e. The van der Waals surface area contributed by atoms with Crippen LogP contribution in [0, 0.1) is 29.4 Å². The fraction of sp³-hybridized carbons (Fsp3) is 0.576. The molecule has 3 saturated carbocycles. The molecule has 4 aromatic rings. The average Bonchev–Trinajstić information content (AvgIpc) is 4.33. The highest BCUT2D eigenvalue weighted by Gasteiger charge is 2.52. The van der Waals surface area contributed by atoms with E-state index in [0.717, 1.165) is 116 Å². The lowest BCUT2D eigenvalue weighted by atomic mass is 9.67. The van der Waals surface area contributed by atoms with E-state index in [1.165, 1.54) is 12.1 Å². The minimum atomic E-state index is -0.798. The van der Waals surface area contributed by atoms with E-state index >= 15 is 8.78 Å². The number of fused-ring (bicyclic) bond motifs is 4. The van der Waals surface area contributed by atoms with Crippen LogP contribution in [-0.4, -0.2) is 142 Å². The number of amides is 5. The molecular formula is C59H72F2N8O7. The number of piperazine rings is 1. The summed E-state index contributed by atoms with van der Waals surface area (Å²) in [5.41, 5.74) is 0.593. The van der Waals surface area contributed by atoms with Crippen molar-refractivity contribution in [2.45, 2.75) is 132 Å². The maximum atomic E-state index is 16.4. The number of H-pyrrole nitrogens is 1. The third-order valence-electron chi connectivity index (χ3n) is 18.3. The third-order valence-corrected chi connectivity index (χ3v) is 18.3. The molecule has 1 aromatic heterocycles. The van der Waals surface area contributed by atoms with Gasteiger partial charge in [-0.15, -0.1) is 0 Å². The maximum Gasteiger partial charge on any atom is 0.272 e. The number of likely N-dealkylation sites (tertiary alicyclic amines) is 2. The highest BCUT2D eigenvalue weighted by molar-refractivity contribution is 5.98. The van der Waals surface area contributed by atoms with Crippen LogP contribution in [0.5, 0.6) is 0 Å². The number of hydrogen-bond donors (Lipinski definition) is 3. The summed E-state index contributed by atoms with van der Waals surface area (Å²) in [5, 5.41) is 14.4. The van der Waals surface area contributed by atoms with Gasteiger partial charge in [0.25, 0.3) is 17.4 Å². The molecule has 15 nitrogen and oxygen atoms in total. The van der Waals surface area contributed by atoms with E-state index in [4.69, 9.17) is 4.74 Å². The normalized spacial score (nSPS) is 25.1. The van der Waals surface area contributed by atoms with Crippen LogP contribution < -0.4 is 16.2 Å². The third kappa shape index (κ3) is 11.2. The maximum absolute atomic E-state index is 16.4. The van der Waals surface area contributed by atoms with Crippen molar-refractivity contribution in [3.8, 4) is 0 Å². The number of ether oxygens (including phenoxy) is 1. The van der Waals surface area contributed by atoms with Crippen LogP contribution >= 0.6 is 0 Å². The predicted molar refractivity (Wildman–Crippen MR) is 281 cm³/mol.